The first kappa shape index (κ1) is 20.3. The van der Waals surface area contributed by atoms with E-state index in [0.717, 1.165) is 12.5 Å². The van der Waals surface area contributed by atoms with Gasteiger partial charge in [-0.2, -0.15) is 16.8 Å². The van der Waals surface area contributed by atoms with E-state index in [1.807, 2.05) is 0 Å². The van der Waals surface area contributed by atoms with Crippen molar-refractivity contribution in [1.82, 2.24) is 0 Å². The maximum atomic E-state index is 11.3. The molecule has 25 heavy (non-hydrogen) atoms. The minimum atomic E-state index is -3.89. The molecule has 0 N–H and O–H groups in total. The van der Waals surface area contributed by atoms with Crippen LogP contribution in [0.3, 0.4) is 0 Å². The van der Waals surface area contributed by atoms with Crippen molar-refractivity contribution in [2.75, 3.05) is 25.7 Å². The molecule has 14 heteroatoms. The molecule has 0 radical (unpaired) electrons. The first-order valence-electron chi connectivity index (χ1n) is 7.03. The molecule has 2 heterocycles. The van der Waals surface area contributed by atoms with Gasteiger partial charge in [-0.05, 0) is 19.4 Å². The molecule has 2 rings (SSSR count). The third kappa shape index (κ3) is 5.01. The molecule has 12 nitrogen and oxygen atoms in total. The minimum absolute atomic E-state index is 0.648. The number of rotatable bonds is 7. The second-order valence-corrected chi connectivity index (χ2v) is 9.52. The predicted octanol–water partition coefficient (Wildman–Crippen LogP) is -0.136. The van der Waals surface area contributed by atoms with Crippen molar-refractivity contribution >= 4 is 20.2 Å². The molecule has 0 spiro atoms. The van der Waals surface area contributed by atoms with Gasteiger partial charge in [-0.15, -0.1) is 0 Å². The summed E-state index contributed by atoms with van der Waals surface area (Å²) in [5.74, 6) is -1.03. The van der Waals surface area contributed by atoms with E-state index in [4.69, 9.17) is 28.1 Å². The first-order valence-corrected chi connectivity index (χ1v) is 10.7. The highest BCUT2D eigenvalue weighted by Crippen LogP contribution is 2.44. The standard InChI is InChI=1S/C11H19N3O9S2/c1-10(2)21-7-8(13-14-12)11(23-9(7)22-10,5-19-24(3,15)16)6-20-25(4,17)18/h7-9H,5-6H2,1-4H3/t7-,8+,9+/m1/s1. The Labute approximate surface area is 145 Å². The summed E-state index contributed by atoms with van der Waals surface area (Å²) in [6.45, 7) is 1.93. The third-order valence-corrected chi connectivity index (χ3v) is 4.59. The molecule has 2 saturated heterocycles. The summed E-state index contributed by atoms with van der Waals surface area (Å²) in [5, 5.41) is 3.59. The number of fused-ring (bicyclic) bond motifs is 1. The van der Waals surface area contributed by atoms with Crippen LogP contribution in [0.4, 0.5) is 0 Å². The van der Waals surface area contributed by atoms with Crippen LogP contribution >= 0.6 is 0 Å². The molecular formula is C11H19N3O9S2. The second kappa shape index (κ2) is 6.63. The van der Waals surface area contributed by atoms with Crippen molar-refractivity contribution in [3.8, 4) is 0 Å². The molecule has 0 saturated carbocycles. The van der Waals surface area contributed by atoms with E-state index >= 15 is 0 Å². The highest BCUT2D eigenvalue weighted by atomic mass is 32.2. The van der Waals surface area contributed by atoms with E-state index in [1.54, 1.807) is 13.8 Å². The topological polar surface area (TPSA) is 163 Å². The van der Waals surface area contributed by atoms with Gasteiger partial charge in [-0.1, -0.05) is 5.11 Å². The summed E-state index contributed by atoms with van der Waals surface area (Å²) in [6.07, 6.45) is -0.284. The van der Waals surface area contributed by atoms with Gasteiger partial charge in [0, 0.05) is 4.91 Å². The number of nitrogens with zero attached hydrogens (tertiary/aromatic N) is 3. The van der Waals surface area contributed by atoms with Crippen molar-refractivity contribution in [3.63, 3.8) is 0 Å². The van der Waals surface area contributed by atoms with Gasteiger partial charge in [-0.3, -0.25) is 8.37 Å². The van der Waals surface area contributed by atoms with Crippen molar-refractivity contribution < 1.29 is 39.4 Å². The number of hydrogen-bond acceptors (Lipinski definition) is 10. The lowest BCUT2D eigenvalue weighted by molar-refractivity contribution is -0.235. The van der Waals surface area contributed by atoms with Crippen LogP contribution in [0, 0.1) is 0 Å². The van der Waals surface area contributed by atoms with Crippen LogP contribution in [0.1, 0.15) is 13.8 Å². The molecule has 2 aliphatic rings. The highest BCUT2D eigenvalue weighted by molar-refractivity contribution is 7.86. The van der Waals surface area contributed by atoms with Crippen molar-refractivity contribution in [2.24, 2.45) is 5.11 Å². The largest absolute Gasteiger partial charge is 0.341 e. The summed E-state index contributed by atoms with van der Waals surface area (Å²) < 4.78 is 71.7. The van der Waals surface area contributed by atoms with E-state index in [9.17, 15) is 16.8 Å². The number of ether oxygens (including phenoxy) is 3. The molecule has 0 unspecified atom stereocenters. The molecule has 144 valence electrons. The summed E-state index contributed by atoms with van der Waals surface area (Å²) in [6, 6.07) is -1.15. The molecule has 2 fully saturated rings. The second-order valence-electron chi connectivity index (χ2n) is 6.23. The molecule has 0 aromatic rings. The Morgan fingerprint density at radius 1 is 1.04 bits per heavy atom. The Hall–Kier alpha value is -0.990. The van der Waals surface area contributed by atoms with Gasteiger partial charge in [0.05, 0.1) is 25.7 Å². The normalized spacial score (nSPS) is 30.6. The molecule has 0 aliphatic carbocycles. The summed E-state index contributed by atoms with van der Waals surface area (Å²) in [4.78, 5) is 2.71. The van der Waals surface area contributed by atoms with Crippen LogP contribution in [-0.2, 0) is 42.8 Å². The zero-order valence-corrected chi connectivity index (χ0v) is 15.6. The average molecular weight is 401 g/mol. The van der Waals surface area contributed by atoms with Gasteiger partial charge >= 0.3 is 0 Å². The van der Waals surface area contributed by atoms with Crippen LogP contribution in [0.25, 0.3) is 10.4 Å². The van der Waals surface area contributed by atoms with Crippen LogP contribution in [0.2, 0.25) is 0 Å². The quantitative estimate of drug-likeness (QED) is 0.244. The van der Waals surface area contributed by atoms with Crippen molar-refractivity contribution in [2.45, 2.75) is 43.7 Å². The van der Waals surface area contributed by atoms with Crippen LogP contribution in [0.5, 0.6) is 0 Å². The molecule has 0 amide bonds. The van der Waals surface area contributed by atoms with E-state index < -0.39 is 63.3 Å². The van der Waals surface area contributed by atoms with Gasteiger partial charge in [0.2, 0.25) is 0 Å². The van der Waals surface area contributed by atoms with Gasteiger partial charge in [0.15, 0.2) is 12.1 Å². The van der Waals surface area contributed by atoms with Gasteiger partial charge in [0.1, 0.15) is 17.7 Å². The van der Waals surface area contributed by atoms with Gasteiger partial charge in [-0.25, -0.2) is 0 Å². The van der Waals surface area contributed by atoms with E-state index in [1.165, 1.54) is 0 Å². The maximum Gasteiger partial charge on any atom is 0.264 e. The average Bonchev–Trinajstić information content (AvgIpc) is 2.85. The SMILES string of the molecule is CC1(C)O[C@H]2OC(COS(C)(=O)=O)(COS(C)(=O)=O)[C@@H](N=[N+]=[N-])[C@H]2O1. The lowest BCUT2D eigenvalue weighted by Crippen LogP contribution is -2.51. The fourth-order valence-corrected chi connectivity index (χ4v) is 3.41. The lowest BCUT2D eigenvalue weighted by atomic mass is 9.95. The smallest absolute Gasteiger partial charge is 0.264 e. The van der Waals surface area contributed by atoms with Crippen LogP contribution in [0.15, 0.2) is 5.11 Å². The maximum absolute atomic E-state index is 11.3. The minimum Gasteiger partial charge on any atom is -0.341 e. The lowest BCUT2D eigenvalue weighted by Gasteiger charge is -2.33. The summed E-state index contributed by atoms with van der Waals surface area (Å²) >= 11 is 0. The van der Waals surface area contributed by atoms with Crippen molar-refractivity contribution in [3.05, 3.63) is 10.4 Å². The first-order chi connectivity index (χ1) is 11.3. The Kier molecular flexibility index (Phi) is 5.39. The molecule has 3 atom stereocenters. The number of azide groups is 1. The predicted molar refractivity (Wildman–Crippen MR) is 82.2 cm³/mol. The van der Waals surface area contributed by atoms with Gasteiger partial charge < -0.3 is 14.2 Å². The van der Waals surface area contributed by atoms with Crippen molar-refractivity contribution in [1.29, 1.82) is 0 Å². The Morgan fingerprint density at radius 3 is 2.00 bits per heavy atom. The molecule has 0 aromatic heterocycles. The Balaban J connectivity index is 2.37. The molecule has 0 aromatic carbocycles. The fourth-order valence-electron chi connectivity index (χ4n) is 2.58. The molecule has 0 bridgehead atoms. The molecular weight excluding hydrogens is 382 g/mol. The summed E-state index contributed by atoms with van der Waals surface area (Å²) in [5.41, 5.74) is 7.12. The van der Waals surface area contributed by atoms with Crippen LogP contribution in [-0.4, -0.2) is 72.4 Å². The Morgan fingerprint density at radius 2 is 1.56 bits per heavy atom. The summed E-state index contributed by atoms with van der Waals surface area (Å²) in [7, 11) is -7.78. The van der Waals surface area contributed by atoms with Gasteiger partial charge in [0.25, 0.3) is 20.2 Å². The Bertz CT molecular complexity index is 737. The highest BCUT2D eigenvalue weighted by Gasteiger charge is 2.62. The number of hydrogen-bond donors (Lipinski definition) is 0. The van der Waals surface area contributed by atoms with E-state index in [0.29, 0.717) is 0 Å². The zero-order chi connectivity index (χ0) is 19.1. The molecule has 2 aliphatic heterocycles. The zero-order valence-electron chi connectivity index (χ0n) is 14.0. The van der Waals surface area contributed by atoms with Crippen LogP contribution < -0.4 is 0 Å². The fraction of sp³-hybridized carbons (Fsp3) is 1.00. The monoisotopic (exact) mass is 401 g/mol. The third-order valence-electron chi connectivity index (χ3n) is 3.50. The van der Waals surface area contributed by atoms with E-state index in [-0.39, 0.29) is 0 Å². The van der Waals surface area contributed by atoms with E-state index in [2.05, 4.69) is 10.0 Å².